The number of ether oxygens (including phenoxy) is 1. The number of carbonyl (C=O) groups excluding carboxylic acids is 1. The molecule has 0 N–H and O–H groups in total. The quantitative estimate of drug-likeness (QED) is 0.283. The Labute approximate surface area is 132 Å². The molecule has 0 aliphatic rings. The highest BCUT2D eigenvalue weighted by Gasteiger charge is 2.08. The molecule has 0 atom stereocenters. The van der Waals surface area contributed by atoms with Crippen LogP contribution >= 0.6 is 0 Å². The summed E-state index contributed by atoms with van der Waals surface area (Å²) in [5, 5.41) is 19.9. The van der Waals surface area contributed by atoms with Gasteiger partial charge in [-0.2, -0.15) is 5.26 Å². The highest BCUT2D eigenvalue weighted by Crippen LogP contribution is 2.21. The monoisotopic (exact) mass is 308 g/mol. The summed E-state index contributed by atoms with van der Waals surface area (Å²) in [6.45, 7) is 0. The molecule has 6 nitrogen and oxygen atoms in total. The van der Waals surface area contributed by atoms with Crippen molar-refractivity contribution in [1.29, 1.82) is 5.26 Å². The van der Waals surface area contributed by atoms with Crippen molar-refractivity contribution in [3.05, 3.63) is 75.3 Å². The Balaban J connectivity index is 2.30. The second-order valence-electron chi connectivity index (χ2n) is 4.59. The van der Waals surface area contributed by atoms with E-state index >= 15 is 0 Å². The standard InChI is InChI=1S/C17H12N2O4/c1-23-17(20)14-4-2-12(3-5-14)10-15(11-18)13-6-8-16(9-7-13)19(21)22/h2-10H,1H3/b15-10+. The molecule has 2 aromatic rings. The van der Waals surface area contributed by atoms with Gasteiger partial charge >= 0.3 is 5.97 Å². The zero-order valence-electron chi connectivity index (χ0n) is 12.2. The zero-order chi connectivity index (χ0) is 16.8. The van der Waals surface area contributed by atoms with Crippen LogP contribution in [0.5, 0.6) is 0 Å². The number of nitrogens with zero attached hydrogens (tertiary/aromatic N) is 2. The first-order valence-electron chi connectivity index (χ1n) is 6.60. The molecule has 0 saturated carbocycles. The third-order valence-corrected chi connectivity index (χ3v) is 3.15. The fourth-order valence-electron chi connectivity index (χ4n) is 1.94. The number of hydrogen-bond acceptors (Lipinski definition) is 5. The lowest BCUT2D eigenvalue weighted by atomic mass is 10.0. The van der Waals surface area contributed by atoms with Gasteiger partial charge in [0.1, 0.15) is 0 Å². The first-order valence-corrected chi connectivity index (χ1v) is 6.60. The Bertz CT molecular complexity index is 800. The van der Waals surface area contributed by atoms with E-state index < -0.39 is 10.9 Å². The highest BCUT2D eigenvalue weighted by molar-refractivity contribution is 5.92. The van der Waals surface area contributed by atoms with Crippen LogP contribution in [0, 0.1) is 21.4 Å². The SMILES string of the molecule is COC(=O)c1ccc(/C=C(\C#N)c2ccc([N+](=O)[O-])cc2)cc1. The number of carbonyl (C=O) groups is 1. The van der Waals surface area contributed by atoms with Gasteiger partial charge in [-0.1, -0.05) is 12.1 Å². The third-order valence-electron chi connectivity index (χ3n) is 3.15. The molecule has 0 bridgehead atoms. The molecule has 114 valence electrons. The Hall–Kier alpha value is -3.46. The van der Waals surface area contributed by atoms with Crippen molar-refractivity contribution < 1.29 is 14.5 Å². The van der Waals surface area contributed by atoms with Crippen LogP contribution in [0.2, 0.25) is 0 Å². The largest absolute Gasteiger partial charge is 0.465 e. The zero-order valence-corrected chi connectivity index (χ0v) is 12.2. The van der Waals surface area contributed by atoms with Crippen LogP contribution in [0.25, 0.3) is 11.6 Å². The molecule has 6 heteroatoms. The normalized spacial score (nSPS) is 10.7. The van der Waals surface area contributed by atoms with Crippen molar-refractivity contribution >= 4 is 23.3 Å². The summed E-state index contributed by atoms with van der Waals surface area (Å²) in [6.07, 6.45) is 1.64. The van der Waals surface area contributed by atoms with Gasteiger partial charge < -0.3 is 4.74 Å². The van der Waals surface area contributed by atoms with Crippen LogP contribution < -0.4 is 0 Å². The van der Waals surface area contributed by atoms with Crippen LogP contribution in [0.3, 0.4) is 0 Å². The van der Waals surface area contributed by atoms with E-state index in [0.717, 1.165) is 5.56 Å². The molecule has 0 saturated heterocycles. The van der Waals surface area contributed by atoms with Crippen molar-refractivity contribution in [3.63, 3.8) is 0 Å². The van der Waals surface area contributed by atoms with E-state index in [0.29, 0.717) is 16.7 Å². The van der Waals surface area contributed by atoms with Crippen LogP contribution in [0.4, 0.5) is 5.69 Å². The number of allylic oxidation sites excluding steroid dienone is 1. The summed E-state index contributed by atoms with van der Waals surface area (Å²) in [6, 6.07) is 14.4. The lowest BCUT2D eigenvalue weighted by Crippen LogP contribution is -2.00. The van der Waals surface area contributed by atoms with E-state index in [1.54, 1.807) is 30.3 Å². The van der Waals surface area contributed by atoms with Gasteiger partial charge in [0.25, 0.3) is 5.69 Å². The maximum absolute atomic E-state index is 11.4. The molecule has 0 unspecified atom stereocenters. The summed E-state index contributed by atoms with van der Waals surface area (Å²) in [5.74, 6) is -0.434. The second-order valence-corrected chi connectivity index (χ2v) is 4.59. The van der Waals surface area contributed by atoms with Gasteiger partial charge in [0, 0.05) is 12.1 Å². The van der Waals surface area contributed by atoms with Crippen molar-refractivity contribution in [3.8, 4) is 6.07 Å². The molecule has 0 aromatic heterocycles. The van der Waals surface area contributed by atoms with E-state index in [9.17, 15) is 20.2 Å². The molecular formula is C17H12N2O4. The number of methoxy groups -OCH3 is 1. The molecule has 0 heterocycles. The number of benzene rings is 2. The number of nitro groups is 1. The van der Waals surface area contributed by atoms with Gasteiger partial charge in [0.15, 0.2) is 0 Å². The van der Waals surface area contributed by atoms with Crippen LogP contribution in [0.1, 0.15) is 21.5 Å². The topological polar surface area (TPSA) is 93.2 Å². The summed E-state index contributed by atoms with van der Waals surface area (Å²) in [4.78, 5) is 21.5. The van der Waals surface area contributed by atoms with Gasteiger partial charge in [-0.05, 0) is 41.5 Å². The maximum Gasteiger partial charge on any atom is 0.337 e. The molecule has 2 aromatic carbocycles. The number of hydrogen-bond donors (Lipinski definition) is 0. The van der Waals surface area contributed by atoms with Gasteiger partial charge in [0.2, 0.25) is 0 Å². The Kier molecular flexibility index (Phi) is 4.85. The van der Waals surface area contributed by atoms with Crippen molar-refractivity contribution in [2.45, 2.75) is 0 Å². The van der Waals surface area contributed by atoms with Gasteiger partial charge in [0.05, 0.1) is 29.2 Å². The molecule has 0 spiro atoms. The molecular weight excluding hydrogens is 296 g/mol. The second kappa shape index (κ2) is 7.00. The first-order chi connectivity index (χ1) is 11.0. The molecule has 23 heavy (non-hydrogen) atoms. The van der Waals surface area contributed by atoms with E-state index in [1.807, 2.05) is 0 Å². The van der Waals surface area contributed by atoms with Gasteiger partial charge in [-0.15, -0.1) is 0 Å². The number of nitriles is 1. The number of rotatable bonds is 4. The first kappa shape index (κ1) is 15.9. The fourth-order valence-corrected chi connectivity index (χ4v) is 1.94. The lowest BCUT2D eigenvalue weighted by Gasteiger charge is -2.02. The minimum absolute atomic E-state index is 0.0338. The Morgan fingerprint density at radius 1 is 1.13 bits per heavy atom. The molecule has 0 aliphatic carbocycles. The molecule has 2 rings (SSSR count). The summed E-state index contributed by atoms with van der Waals surface area (Å²) in [7, 11) is 1.30. The average Bonchev–Trinajstić information content (AvgIpc) is 2.59. The van der Waals surface area contributed by atoms with Crippen molar-refractivity contribution in [2.24, 2.45) is 0 Å². The summed E-state index contributed by atoms with van der Waals surface area (Å²) >= 11 is 0. The lowest BCUT2D eigenvalue weighted by molar-refractivity contribution is -0.384. The summed E-state index contributed by atoms with van der Waals surface area (Å²) < 4.78 is 4.62. The van der Waals surface area contributed by atoms with E-state index in [2.05, 4.69) is 10.8 Å². The van der Waals surface area contributed by atoms with E-state index in [-0.39, 0.29) is 5.69 Å². The number of esters is 1. The number of non-ortho nitro benzene ring substituents is 1. The van der Waals surface area contributed by atoms with Crippen LogP contribution in [-0.2, 0) is 4.74 Å². The average molecular weight is 308 g/mol. The summed E-state index contributed by atoms with van der Waals surface area (Å²) in [5.41, 5.74) is 2.06. The minimum atomic E-state index is -0.495. The Morgan fingerprint density at radius 2 is 1.70 bits per heavy atom. The maximum atomic E-state index is 11.4. The van der Waals surface area contributed by atoms with E-state index in [1.165, 1.54) is 31.4 Å². The predicted octanol–water partition coefficient (Wildman–Crippen LogP) is 3.45. The molecule has 0 radical (unpaired) electrons. The van der Waals surface area contributed by atoms with Gasteiger partial charge in [-0.3, -0.25) is 10.1 Å². The molecule has 0 fully saturated rings. The predicted molar refractivity (Wildman–Crippen MR) is 84.4 cm³/mol. The molecule has 0 aliphatic heterocycles. The van der Waals surface area contributed by atoms with Crippen molar-refractivity contribution in [2.75, 3.05) is 7.11 Å². The Morgan fingerprint density at radius 3 is 2.17 bits per heavy atom. The smallest absolute Gasteiger partial charge is 0.337 e. The number of nitro benzene ring substituents is 1. The van der Waals surface area contributed by atoms with Crippen LogP contribution in [-0.4, -0.2) is 18.0 Å². The fraction of sp³-hybridized carbons (Fsp3) is 0.0588. The highest BCUT2D eigenvalue weighted by atomic mass is 16.6. The minimum Gasteiger partial charge on any atom is -0.465 e. The van der Waals surface area contributed by atoms with Crippen molar-refractivity contribution in [1.82, 2.24) is 0 Å². The van der Waals surface area contributed by atoms with Crippen LogP contribution in [0.15, 0.2) is 48.5 Å². The third kappa shape index (κ3) is 3.80. The van der Waals surface area contributed by atoms with Gasteiger partial charge in [-0.25, -0.2) is 4.79 Å². The molecule has 0 amide bonds. The van der Waals surface area contributed by atoms with E-state index in [4.69, 9.17) is 0 Å².